The number of carbonyl (C=O) groups excluding carboxylic acids is 2. The van der Waals surface area contributed by atoms with E-state index in [1.54, 1.807) is 13.8 Å². The molecule has 0 amide bonds. The van der Waals surface area contributed by atoms with Gasteiger partial charge in [0.25, 0.3) is 0 Å². The number of aliphatic hydroxyl groups excluding tert-OH is 1. The Morgan fingerprint density at radius 2 is 1.83 bits per heavy atom. The van der Waals surface area contributed by atoms with E-state index in [2.05, 4.69) is 0 Å². The fourth-order valence-corrected chi connectivity index (χ4v) is 7.99. The van der Waals surface area contributed by atoms with Crippen molar-refractivity contribution in [1.29, 1.82) is 0 Å². The van der Waals surface area contributed by atoms with Crippen molar-refractivity contribution < 1.29 is 42.9 Å². The van der Waals surface area contributed by atoms with Crippen LogP contribution in [0.15, 0.2) is 23.8 Å². The van der Waals surface area contributed by atoms with Crippen molar-refractivity contribution in [3.63, 3.8) is 0 Å². The molecule has 0 aromatic carbocycles. The third-order valence-corrected chi connectivity index (χ3v) is 9.90. The van der Waals surface area contributed by atoms with Crippen LogP contribution < -0.4 is 0 Å². The number of ether oxygens (including phenoxy) is 2. The van der Waals surface area contributed by atoms with Crippen LogP contribution in [0.3, 0.4) is 0 Å². The molecule has 0 aliphatic heterocycles. The largest absolute Gasteiger partial charge is 0.509 e. The number of rotatable bonds is 5. The van der Waals surface area contributed by atoms with Gasteiger partial charge in [-0.05, 0) is 62.7 Å². The molecular weight excluding hydrogens is 474 g/mol. The summed E-state index contributed by atoms with van der Waals surface area (Å²) >= 11 is 0. The smallest absolute Gasteiger partial charge is 0.478 e. The van der Waals surface area contributed by atoms with E-state index in [0.29, 0.717) is 12.8 Å². The maximum atomic E-state index is 17.2. The minimum atomic E-state index is -2.34. The Morgan fingerprint density at radius 3 is 2.42 bits per heavy atom. The molecular formula is C27H36F2O7. The number of carbonyl (C=O) groups is 3. The Balaban J connectivity index is 1.79. The summed E-state index contributed by atoms with van der Waals surface area (Å²) in [6.07, 6.45) is -0.680. The van der Waals surface area contributed by atoms with Gasteiger partial charge in [0.05, 0.1) is 6.10 Å². The second-order valence-electron chi connectivity index (χ2n) is 11.4. The Morgan fingerprint density at radius 1 is 1.19 bits per heavy atom. The van der Waals surface area contributed by atoms with Crippen molar-refractivity contribution in [1.82, 2.24) is 0 Å². The lowest BCUT2D eigenvalue weighted by atomic mass is 9.44. The molecule has 0 radical (unpaired) electrons. The fourth-order valence-electron chi connectivity index (χ4n) is 7.99. The number of ketones is 1. The van der Waals surface area contributed by atoms with Gasteiger partial charge in [-0.3, -0.25) is 4.79 Å². The van der Waals surface area contributed by atoms with Crippen molar-refractivity contribution in [3.8, 4) is 0 Å². The number of aliphatic hydroxyl groups is 1. The van der Waals surface area contributed by atoms with Crippen LogP contribution in [0.25, 0.3) is 0 Å². The van der Waals surface area contributed by atoms with Crippen LogP contribution in [0, 0.1) is 28.6 Å². The monoisotopic (exact) mass is 510 g/mol. The molecule has 4 aliphatic carbocycles. The Kier molecular flexibility index (Phi) is 6.42. The summed E-state index contributed by atoms with van der Waals surface area (Å²) in [4.78, 5) is 37.6. The minimum Gasteiger partial charge on any atom is -0.478 e. The van der Waals surface area contributed by atoms with Crippen LogP contribution in [-0.4, -0.2) is 57.8 Å². The molecule has 0 heterocycles. The second kappa shape index (κ2) is 8.64. The van der Waals surface area contributed by atoms with Gasteiger partial charge in [-0.1, -0.05) is 33.8 Å². The average Bonchev–Trinajstić information content (AvgIpc) is 3.03. The second-order valence-corrected chi connectivity index (χ2v) is 11.4. The number of hydrogen-bond acceptors (Lipinski definition) is 6. The van der Waals surface area contributed by atoms with E-state index in [1.807, 2.05) is 13.8 Å². The van der Waals surface area contributed by atoms with Gasteiger partial charge in [-0.15, -0.1) is 0 Å². The van der Waals surface area contributed by atoms with Crippen molar-refractivity contribution in [3.05, 3.63) is 23.8 Å². The summed E-state index contributed by atoms with van der Waals surface area (Å²) in [5.41, 5.74) is -7.40. The van der Waals surface area contributed by atoms with Crippen molar-refractivity contribution in [2.45, 2.75) is 96.4 Å². The normalized spacial score (nSPS) is 45.4. The van der Waals surface area contributed by atoms with Crippen molar-refractivity contribution in [2.75, 3.05) is 0 Å². The van der Waals surface area contributed by atoms with E-state index in [0.717, 1.165) is 6.08 Å². The number of carboxylic acids is 1. The average molecular weight is 511 g/mol. The molecule has 9 heteroatoms. The zero-order valence-electron chi connectivity index (χ0n) is 21.4. The summed E-state index contributed by atoms with van der Waals surface area (Å²) < 4.78 is 43.8. The van der Waals surface area contributed by atoms with Gasteiger partial charge in [0.2, 0.25) is 5.60 Å². The lowest BCUT2D eigenvalue weighted by Gasteiger charge is -2.62. The first kappa shape index (κ1) is 26.8. The van der Waals surface area contributed by atoms with Gasteiger partial charge < -0.3 is 19.7 Å². The molecule has 0 saturated heterocycles. The first-order chi connectivity index (χ1) is 16.7. The summed E-state index contributed by atoms with van der Waals surface area (Å²) in [5.74, 6) is -4.36. The van der Waals surface area contributed by atoms with Crippen LogP contribution >= 0.6 is 0 Å². The van der Waals surface area contributed by atoms with Crippen LogP contribution in [0.2, 0.25) is 0 Å². The third-order valence-electron chi connectivity index (χ3n) is 9.90. The zero-order valence-corrected chi connectivity index (χ0v) is 21.4. The first-order valence-electron chi connectivity index (χ1n) is 12.8. The molecule has 9 atom stereocenters. The predicted molar refractivity (Wildman–Crippen MR) is 125 cm³/mol. The number of fused-ring (bicyclic) bond motifs is 5. The van der Waals surface area contributed by atoms with Gasteiger partial charge in [0.15, 0.2) is 11.5 Å². The molecule has 2 N–H and O–H groups in total. The van der Waals surface area contributed by atoms with Crippen molar-refractivity contribution in [2.24, 2.45) is 28.6 Å². The van der Waals surface area contributed by atoms with E-state index in [-0.39, 0.29) is 24.8 Å². The number of hydrogen-bond donors (Lipinski definition) is 2. The van der Waals surface area contributed by atoms with E-state index < -0.39 is 76.1 Å². The summed E-state index contributed by atoms with van der Waals surface area (Å²) in [6.45, 7) is 8.35. The molecule has 0 unspecified atom stereocenters. The van der Waals surface area contributed by atoms with Crippen LogP contribution in [-0.2, 0) is 19.1 Å². The number of allylic oxidation sites excluding steroid dienone is 4. The number of halogens is 2. The lowest BCUT2D eigenvalue weighted by molar-refractivity contribution is -0.232. The maximum absolute atomic E-state index is 17.2. The molecule has 4 rings (SSSR count). The molecule has 4 aliphatic rings. The van der Waals surface area contributed by atoms with E-state index >= 15 is 8.78 Å². The number of carboxylic acid groups (broad SMARTS) is 1. The lowest BCUT2D eigenvalue weighted by Crippen LogP contribution is -2.71. The molecule has 200 valence electrons. The van der Waals surface area contributed by atoms with Gasteiger partial charge in [0, 0.05) is 22.7 Å². The van der Waals surface area contributed by atoms with Gasteiger partial charge in [-0.25, -0.2) is 18.4 Å². The first-order valence-corrected chi connectivity index (χ1v) is 12.8. The topological polar surface area (TPSA) is 110 Å². The SMILES string of the molecule is CCC(CC)OC(=O)O[C@@]1(C(=O)O)[C@H](C)C[C@H]2[C@@H]3C[C@H](F)C4=CC(=O)C=C[C@]4(C)[C@@]3(F)[C@@H](O)C[C@@]21C. The Labute approximate surface area is 209 Å². The van der Waals surface area contributed by atoms with Gasteiger partial charge in [0.1, 0.15) is 12.3 Å². The fraction of sp³-hybridized carbons (Fsp3) is 0.741. The molecule has 36 heavy (non-hydrogen) atoms. The summed E-state index contributed by atoms with van der Waals surface area (Å²) in [7, 11) is 0. The molecule has 0 aromatic rings. The highest BCUT2D eigenvalue weighted by molar-refractivity contribution is 6.01. The number of alkyl halides is 2. The summed E-state index contributed by atoms with van der Waals surface area (Å²) in [5, 5.41) is 21.8. The van der Waals surface area contributed by atoms with Crippen LogP contribution in [0.5, 0.6) is 0 Å². The van der Waals surface area contributed by atoms with E-state index in [9.17, 15) is 24.6 Å². The standard InChI is InChI=1S/C27H36F2O7/c1-6-16(7-2)35-23(34)36-27(22(32)33)14(3)10-17-18-12-20(28)19-11-15(30)8-9-24(19,4)26(18,29)21(31)13-25(17,27)5/h8-9,11,14,16-18,20-21,31H,6-7,10,12-13H2,1-5H3,(H,32,33)/t14-,17+,18+,20+,21+,24+,25+,26+,27-/m1/s1. The highest BCUT2D eigenvalue weighted by Crippen LogP contribution is 2.71. The van der Waals surface area contributed by atoms with Crippen molar-refractivity contribution >= 4 is 17.9 Å². The minimum absolute atomic E-state index is 0.00283. The molecule has 0 spiro atoms. The van der Waals surface area contributed by atoms with E-state index in [4.69, 9.17) is 9.47 Å². The Hall–Kier alpha value is -2.29. The molecule has 0 aromatic heterocycles. The quantitative estimate of drug-likeness (QED) is 0.515. The number of aliphatic carboxylic acids is 1. The van der Waals surface area contributed by atoms with Crippen LogP contribution in [0.1, 0.15) is 66.7 Å². The third kappa shape index (κ3) is 3.26. The van der Waals surface area contributed by atoms with E-state index in [1.165, 1.54) is 19.1 Å². The van der Waals surface area contributed by atoms with Gasteiger partial charge >= 0.3 is 12.1 Å². The van der Waals surface area contributed by atoms with Crippen LogP contribution in [0.4, 0.5) is 13.6 Å². The highest BCUT2D eigenvalue weighted by Gasteiger charge is 2.78. The molecule has 3 saturated carbocycles. The zero-order chi connectivity index (χ0) is 26.8. The summed E-state index contributed by atoms with van der Waals surface area (Å²) in [6, 6.07) is 0. The highest BCUT2D eigenvalue weighted by atomic mass is 19.1. The van der Waals surface area contributed by atoms with Gasteiger partial charge in [-0.2, -0.15) is 0 Å². The maximum Gasteiger partial charge on any atom is 0.509 e. The molecule has 3 fully saturated rings. The molecule has 7 nitrogen and oxygen atoms in total. The molecule has 0 bridgehead atoms. The Bertz CT molecular complexity index is 1020. The predicted octanol–water partition coefficient (Wildman–Crippen LogP) is 4.72.